The van der Waals surface area contributed by atoms with Crippen LogP contribution in [0.2, 0.25) is 0 Å². The van der Waals surface area contributed by atoms with Gasteiger partial charge >= 0.3 is 0 Å². The summed E-state index contributed by atoms with van der Waals surface area (Å²) in [7, 11) is 1.61. The Labute approximate surface area is 88.8 Å². The molecule has 0 fully saturated rings. The van der Waals surface area contributed by atoms with Crippen LogP contribution >= 0.6 is 0 Å². The lowest BCUT2D eigenvalue weighted by Gasteiger charge is -2.02. The van der Waals surface area contributed by atoms with Gasteiger partial charge in [0.25, 0.3) is 0 Å². The van der Waals surface area contributed by atoms with Gasteiger partial charge in [0, 0.05) is 23.9 Å². The number of ether oxygens (including phenoxy) is 1. The quantitative estimate of drug-likeness (QED) is 0.761. The van der Waals surface area contributed by atoms with Gasteiger partial charge in [-0.25, -0.2) is 0 Å². The van der Waals surface area contributed by atoms with Crippen LogP contribution in [0.15, 0.2) is 36.0 Å². The highest BCUT2D eigenvalue weighted by atomic mass is 16.5. The van der Waals surface area contributed by atoms with E-state index in [2.05, 4.69) is 5.32 Å². The zero-order valence-corrected chi connectivity index (χ0v) is 8.62. The van der Waals surface area contributed by atoms with Crippen molar-refractivity contribution in [3.8, 4) is 5.75 Å². The molecule has 0 bridgehead atoms. The van der Waals surface area contributed by atoms with Crippen molar-refractivity contribution < 1.29 is 9.53 Å². The van der Waals surface area contributed by atoms with E-state index in [1.807, 2.05) is 0 Å². The standard InChI is InChI=1S/C12H13NO2/c1-15-11-4-2-9(3-5-11)12(14)10-6-7-13-8-10/h2-5,8,13H,6-7H2,1H3. The van der Waals surface area contributed by atoms with Crippen molar-refractivity contribution in [2.24, 2.45) is 0 Å². The van der Waals surface area contributed by atoms with Crippen molar-refractivity contribution in [2.75, 3.05) is 13.7 Å². The van der Waals surface area contributed by atoms with E-state index < -0.39 is 0 Å². The molecule has 1 aromatic rings. The first-order chi connectivity index (χ1) is 7.31. The average molecular weight is 203 g/mol. The number of ketones is 1. The minimum atomic E-state index is 0.0997. The molecule has 78 valence electrons. The van der Waals surface area contributed by atoms with Crippen LogP contribution < -0.4 is 10.1 Å². The number of methoxy groups -OCH3 is 1. The first-order valence-corrected chi connectivity index (χ1v) is 4.92. The maximum atomic E-state index is 11.9. The summed E-state index contributed by atoms with van der Waals surface area (Å²) in [4.78, 5) is 11.9. The molecule has 1 N–H and O–H groups in total. The largest absolute Gasteiger partial charge is 0.497 e. The van der Waals surface area contributed by atoms with Crippen molar-refractivity contribution in [3.63, 3.8) is 0 Å². The molecule has 0 aromatic heterocycles. The predicted molar refractivity (Wildman–Crippen MR) is 58.0 cm³/mol. The van der Waals surface area contributed by atoms with E-state index in [9.17, 15) is 4.79 Å². The van der Waals surface area contributed by atoms with Gasteiger partial charge < -0.3 is 10.1 Å². The smallest absolute Gasteiger partial charge is 0.190 e. The molecule has 0 aliphatic carbocycles. The Balaban J connectivity index is 2.18. The third-order valence-electron chi connectivity index (χ3n) is 2.46. The van der Waals surface area contributed by atoms with Crippen molar-refractivity contribution >= 4 is 5.78 Å². The van der Waals surface area contributed by atoms with Gasteiger partial charge in [0.05, 0.1) is 7.11 Å². The summed E-state index contributed by atoms with van der Waals surface area (Å²) in [6.07, 6.45) is 2.61. The van der Waals surface area contributed by atoms with Gasteiger partial charge in [-0.1, -0.05) is 0 Å². The second-order valence-electron chi connectivity index (χ2n) is 3.43. The topological polar surface area (TPSA) is 38.3 Å². The summed E-state index contributed by atoms with van der Waals surface area (Å²) in [6, 6.07) is 7.19. The van der Waals surface area contributed by atoms with E-state index in [4.69, 9.17) is 4.74 Å². The molecule has 1 heterocycles. The number of carbonyl (C=O) groups excluding carboxylic acids is 1. The van der Waals surface area contributed by atoms with Crippen molar-refractivity contribution in [1.82, 2.24) is 5.32 Å². The van der Waals surface area contributed by atoms with Crippen LogP contribution in [0.4, 0.5) is 0 Å². The Morgan fingerprint density at radius 2 is 2.07 bits per heavy atom. The van der Waals surface area contributed by atoms with Gasteiger partial charge in [-0.2, -0.15) is 0 Å². The Morgan fingerprint density at radius 3 is 2.60 bits per heavy atom. The third kappa shape index (κ3) is 2.01. The second kappa shape index (κ2) is 4.17. The summed E-state index contributed by atoms with van der Waals surface area (Å²) in [5.74, 6) is 0.868. The molecule has 0 radical (unpaired) electrons. The molecule has 15 heavy (non-hydrogen) atoms. The normalized spacial score (nSPS) is 14.3. The molecule has 1 aromatic carbocycles. The van der Waals surface area contributed by atoms with E-state index in [-0.39, 0.29) is 5.78 Å². The Hall–Kier alpha value is -1.77. The van der Waals surface area contributed by atoms with E-state index in [0.717, 1.165) is 24.3 Å². The molecule has 3 heteroatoms. The van der Waals surface area contributed by atoms with Gasteiger partial charge in [-0.05, 0) is 30.7 Å². The molecule has 0 spiro atoms. The molecule has 1 aliphatic heterocycles. The van der Waals surface area contributed by atoms with Crippen LogP contribution in [-0.2, 0) is 0 Å². The lowest BCUT2D eigenvalue weighted by atomic mass is 10.0. The van der Waals surface area contributed by atoms with E-state index in [0.29, 0.717) is 5.56 Å². The van der Waals surface area contributed by atoms with Gasteiger partial charge in [-0.3, -0.25) is 4.79 Å². The molecular weight excluding hydrogens is 190 g/mol. The molecule has 2 rings (SSSR count). The van der Waals surface area contributed by atoms with Crippen molar-refractivity contribution in [2.45, 2.75) is 6.42 Å². The summed E-state index contributed by atoms with van der Waals surface area (Å²) in [5.41, 5.74) is 1.56. The number of benzene rings is 1. The predicted octanol–water partition coefficient (Wildman–Crippen LogP) is 1.76. The molecule has 0 saturated heterocycles. The van der Waals surface area contributed by atoms with Gasteiger partial charge in [0.1, 0.15) is 5.75 Å². The number of rotatable bonds is 3. The van der Waals surface area contributed by atoms with Gasteiger partial charge in [0.15, 0.2) is 5.78 Å². The number of hydrogen-bond acceptors (Lipinski definition) is 3. The van der Waals surface area contributed by atoms with Crippen LogP contribution in [0.5, 0.6) is 5.75 Å². The molecule has 0 amide bonds. The maximum Gasteiger partial charge on any atom is 0.190 e. The van der Waals surface area contributed by atoms with Crippen molar-refractivity contribution in [3.05, 3.63) is 41.6 Å². The molecular formula is C12H13NO2. The number of carbonyl (C=O) groups is 1. The zero-order valence-electron chi connectivity index (χ0n) is 8.62. The zero-order chi connectivity index (χ0) is 10.7. The Kier molecular flexibility index (Phi) is 2.72. The highest BCUT2D eigenvalue weighted by Crippen LogP contribution is 2.17. The Bertz CT molecular complexity index is 393. The lowest BCUT2D eigenvalue weighted by molar-refractivity contribution is 0.103. The molecule has 0 unspecified atom stereocenters. The van der Waals surface area contributed by atoms with Crippen LogP contribution in [0.3, 0.4) is 0 Å². The van der Waals surface area contributed by atoms with Crippen LogP contribution in [0.1, 0.15) is 16.8 Å². The average Bonchev–Trinajstić information content (AvgIpc) is 2.82. The highest BCUT2D eigenvalue weighted by molar-refractivity contribution is 6.08. The minimum Gasteiger partial charge on any atom is -0.497 e. The third-order valence-corrected chi connectivity index (χ3v) is 2.46. The van der Waals surface area contributed by atoms with Crippen LogP contribution in [-0.4, -0.2) is 19.4 Å². The van der Waals surface area contributed by atoms with E-state index in [1.54, 1.807) is 37.6 Å². The van der Waals surface area contributed by atoms with Crippen molar-refractivity contribution in [1.29, 1.82) is 0 Å². The monoisotopic (exact) mass is 203 g/mol. The fourth-order valence-corrected chi connectivity index (χ4v) is 1.58. The minimum absolute atomic E-state index is 0.0997. The fourth-order valence-electron chi connectivity index (χ4n) is 1.58. The van der Waals surface area contributed by atoms with E-state index in [1.165, 1.54) is 0 Å². The number of Topliss-reactive ketones (excluding diaryl/α,β-unsaturated/α-hetero) is 1. The maximum absolute atomic E-state index is 11.9. The summed E-state index contributed by atoms with van der Waals surface area (Å²) in [6.45, 7) is 0.858. The summed E-state index contributed by atoms with van der Waals surface area (Å²) >= 11 is 0. The second-order valence-corrected chi connectivity index (χ2v) is 3.43. The summed E-state index contributed by atoms with van der Waals surface area (Å²) < 4.78 is 5.04. The van der Waals surface area contributed by atoms with Gasteiger partial charge in [0.2, 0.25) is 0 Å². The Morgan fingerprint density at radius 1 is 1.33 bits per heavy atom. The van der Waals surface area contributed by atoms with Gasteiger partial charge in [-0.15, -0.1) is 0 Å². The SMILES string of the molecule is COc1ccc(C(=O)C2=CNCC2)cc1. The van der Waals surface area contributed by atoms with Crippen LogP contribution in [0.25, 0.3) is 0 Å². The first kappa shape index (κ1) is 9.77. The summed E-state index contributed by atoms with van der Waals surface area (Å²) in [5, 5.41) is 3.04. The number of nitrogens with one attached hydrogen (secondary N) is 1. The number of hydrogen-bond donors (Lipinski definition) is 1. The molecule has 0 saturated carbocycles. The van der Waals surface area contributed by atoms with E-state index >= 15 is 0 Å². The first-order valence-electron chi connectivity index (χ1n) is 4.92. The lowest BCUT2D eigenvalue weighted by Crippen LogP contribution is -2.01. The molecule has 3 nitrogen and oxygen atoms in total. The highest BCUT2D eigenvalue weighted by Gasteiger charge is 2.14. The molecule has 0 atom stereocenters. The fraction of sp³-hybridized carbons (Fsp3) is 0.250. The van der Waals surface area contributed by atoms with Crippen LogP contribution in [0, 0.1) is 0 Å². The molecule has 1 aliphatic rings.